The van der Waals surface area contributed by atoms with E-state index >= 15 is 0 Å². The van der Waals surface area contributed by atoms with Crippen LogP contribution in [0.15, 0.2) is 42.5 Å². The van der Waals surface area contributed by atoms with E-state index in [9.17, 15) is 23.2 Å². The van der Waals surface area contributed by atoms with Crippen LogP contribution in [0.5, 0.6) is 0 Å². The summed E-state index contributed by atoms with van der Waals surface area (Å²) < 4.78 is 26.4. The first kappa shape index (κ1) is 21.0. The topological polar surface area (TPSA) is 87.3 Å². The molecule has 28 heavy (non-hydrogen) atoms. The number of hydrogen-bond acceptors (Lipinski definition) is 3. The van der Waals surface area contributed by atoms with Crippen LogP contribution in [0.2, 0.25) is 0 Å². The van der Waals surface area contributed by atoms with E-state index in [4.69, 9.17) is 0 Å². The molecule has 148 valence electrons. The minimum absolute atomic E-state index is 0.139. The highest BCUT2D eigenvalue weighted by Crippen LogP contribution is 2.19. The number of carbonyl (C=O) groups excluding carboxylic acids is 3. The third kappa shape index (κ3) is 5.87. The second-order valence-electron chi connectivity index (χ2n) is 7.14. The van der Waals surface area contributed by atoms with Gasteiger partial charge in [-0.2, -0.15) is 0 Å². The number of nitrogens with one attached hydrogen (secondary N) is 3. The highest BCUT2D eigenvalue weighted by atomic mass is 19.1. The van der Waals surface area contributed by atoms with Crippen molar-refractivity contribution in [3.05, 3.63) is 59.7 Å². The molecule has 0 bridgehead atoms. The van der Waals surface area contributed by atoms with Crippen LogP contribution in [0.1, 0.15) is 31.1 Å². The SMILES string of the molecule is CC(C)(C)C(=O)Nc1ccc(NC(=O)CNC(=O)c2ccc(F)cc2F)cc1. The molecule has 2 aromatic rings. The van der Waals surface area contributed by atoms with Crippen molar-refractivity contribution < 1.29 is 23.2 Å². The Balaban J connectivity index is 1.87. The highest BCUT2D eigenvalue weighted by Gasteiger charge is 2.21. The fourth-order valence-electron chi connectivity index (χ4n) is 2.09. The molecular formula is C20H21F2N3O3. The van der Waals surface area contributed by atoms with Crippen LogP contribution < -0.4 is 16.0 Å². The summed E-state index contributed by atoms with van der Waals surface area (Å²) in [5.74, 6) is -3.30. The first-order chi connectivity index (χ1) is 13.1. The van der Waals surface area contributed by atoms with Gasteiger partial charge in [0, 0.05) is 22.9 Å². The molecule has 0 spiro atoms. The van der Waals surface area contributed by atoms with Gasteiger partial charge in [0.25, 0.3) is 5.91 Å². The Kier molecular flexibility index (Phi) is 6.45. The van der Waals surface area contributed by atoms with Crippen molar-refractivity contribution in [2.75, 3.05) is 17.2 Å². The molecule has 3 amide bonds. The number of anilines is 2. The molecule has 8 heteroatoms. The van der Waals surface area contributed by atoms with E-state index in [2.05, 4.69) is 16.0 Å². The fourth-order valence-corrected chi connectivity index (χ4v) is 2.09. The lowest BCUT2D eigenvalue weighted by atomic mass is 9.95. The van der Waals surface area contributed by atoms with Crippen molar-refractivity contribution in [2.24, 2.45) is 5.41 Å². The van der Waals surface area contributed by atoms with Gasteiger partial charge in [-0.15, -0.1) is 0 Å². The van der Waals surface area contributed by atoms with Crippen LogP contribution in [-0.2, 0) is 9.59 Å². The predicted molar refractivity (Wildman–Crippen MR) is 102 cm³/mol. The van der Waals surface area contributed by atoms with Gasteiger partial charge in [0.05, 0.1) is 12.1 Å². The summed E-state index contributed by atoms with van der Waals surface area (Å²) in [4.78, 5) is 35.7. The third-order valence-electron chi connectivity index (χ3n) is 3.69. The molecule has 0 saturated heterocycles. The molecule has 0 fully saturated rings. The summed E-state index contributed by atoms with van der Waals surface area (Å²) in [6.07, 6.45) is 0. The average Bonchev–Trinajstić information content (AvgIpc) is 2.60. The summed E-state index contributed by atoms with van der Waals surface area (Å²) in [6.45, 7) is 4.99. The molecule has 0 saturated carbocycles. The number of hydrogen-bond donors (Lipinski definition) is 3. The molecule has 0 aromatic heterocycles. The Morgan fingerprint density at radius 3 is 2.00 bits per heavy atom. The van der Waals surface area contributed by atoms with E-state index in [0.29, 0.717) is 17.4 Å². The molecule has 3 N–H and O–H groups in total. The summed E-state index contributed by atoms with van der Waals surface area (Å²) in [7, 11) is 0. The Morgan fingerprint density at radius 1 is 0.893 bits per heavy atom. The van der Waals surface area contributed by atoms with Gasteiger partial charge >= 0.3 is 0 Å². The Hall–Kier alpha value is -3.29. The van der Waals surface area contributed by atoms with Gasteiger partial charge in [0.2, 0.25) is 11.8 Å². The molecule has 2 aromatic carbocycles. The summed E-state index contributed by atoms with van der Waals surface area (Å²) >= 11 is 0. The minimum atomic E-state index is -1.01. The minimum Gasteiger partial charge on any atom is -0.343 e. The molecule has 0 aliphatic heterocycles. The molecule has 0 unspecified atom stereocenters. The van der Waals surface area contributed by atoms with E-state index < -0.39 is 35.4 Å². The number of amides is 3. The maximum atomic E-state index is 13.5. The molecule has 0 atom stereocenters. The number of halogens is 2. The number of rotatable bonds is 5. The smallest absolute Gasteiger partial charge is 0.254 e. The predicted octanol–water partition coefficient (Wildman–Crippen LogP) is 3.32. The second kappa shape index (κ2) is 8.60. The van der Waals surface area contributed by atoms with Crippen LogP contribution >= 0.6 is 0 Å². The normalized spacial score (nSPS) is 10.9. The maximum Gasteiger partial charge on any atom is 0.254 e. The molecule has 2 rings (SSSR count). The molecule has 0 heterocycles. The first-order valence-electron chi connectivity index (χ1n) is 8.51. The highest BCUT2D eigenvalue weighted by molar-refractivity contribution is 5.99. The third-order valence-corrected chi connectivity index (χ3v) is 3.69. The van der Waals surface area contributed by atoms with Crippen molar-refractivity contribution in [2.45, 2.75) is 20.8 Å². The first-order valence-corrected chi connectivity index (χ1v) is 8.51. The molecule has 0 aliphatic carbocycles. The van der Waals surface area contributed by atoms with E-state index in [1.54, 1.807) is 45.0 Å². The summed E-state index contributed by atoms with van der Waals surface area (Å²) in [6, 6.07) is 9.00. The van der Waals surface area contributed by atoms with Gasteiger partial charge < -0.3 is 16.0 Å². The van der Waals surface area contributed by atoms with E-state index in [1.165, 1.54) is 0 Å². The second-order valence-corrected chi connectivity index (χ2v) is 7.14. The summed E-state index contributed by atoms with van der Waals surface area (Å²) in [5.41, 5.74) is 0.155. The fraction of sp³-hybridized carbons (Fsp3) is 0.250. The van der Waals surface area contributed by atoms with Crippen LogP contribution in [0.3, 0.4) is 0 Å². The van der Waals surface area contributed by atoms with Crippen molar-refractivity contribution in [3.63, 3.8) is 0 Å². The lowest BCUT2D eigenvalue weighted by Crippen LogP contribution is -2.33. The zero-order valence-corrected chi connectivity index (χ0v) is 15.7. The van der Waals surface area contributed by atoms with Crippen molar-refractivity contribution in [1.29, 1.82) is 0 Å². The van der Waals surface area contributed by atoms with Crippen LogP contribution in [0.4, 0.5) is 20.2 Å². The Bertz CT molecular complexity index is 891. The lowest BCUT2D eigenvalue weighted by Gasteiger charge is -2.17. The van der Waals surface area contributed by atoms with Crippen LogP contribution in [0, 0.1) is 17.0 Å². The molecule has 0 aliphatic rings. The van der Waals surface area contributed by atoms with Gasteiger partial charge in [-0.05, 0) is 36.4 Å². The Labute approximate surface area is 161 Å². The van der Waals surface area contributed by atoms with Gasteiger partial charge in [0.15, 0.2) is 0 Å². The van der Waals surface area contributed by atoms with Crippen molar-refractivity contribution in [1.82, 2.24) is 5.32 Å². The van der Waals surface area contributed by atoms with Crippen molar-refractivity contribution >= 4 is 29.1 Å². The molecular weight excluding hydrogens is 368 g/mol. The summed E-state index contributed by atoms with van der Waals surface area (Å²) in [5, 5.41) is 7.59. The van der Waals surface area contributed by atoms with Crippen LogP contribution in [-0.4, -0.2) is 24.3 Å². The number of benzene rings is 2. The van der Waals surface area contributed by atoms with Gasteiger partial charge in [-0.1, -0.05) is 20.8 Å². The standard InChI is InChI=1S/C20H21F2N3O3/c1-20(2,3)19(28)25-14-7-5-13(6-8-14)24-17(26)11-23-18(27)15-9-4-12(21)10-16(15)22/h4-10H,11H2,1-3H3,(H,23,27)(H,24,26)(H,25,28). The average molecular weight is 389 g/mol. The quantitative estimate of drug-likeness (QED) is 0.733. The lowest BCUT2D eigenvalue weighted by molar-refractivity contribution is -0.123. The van der Waals surface area contributed by atoms with Gasteiger partial charge in [0.1, 0.15) is 11.6 Å². The van der Waals surface area contributed by atoms with E-state index in [0.717, 1.165) is 12.1 Å². The zero-order valence-electron chi connectivity index (χ0n) is 15.7. The van der Waals surface area contributed by atoms with Gasteiger partial charge in [-0.25, -0.2) is 8.78 Å². The van der Waals surface area contributed by atoms with E-state index in [-0.39, 0.29) is 11.5 Å². The molecule has 6 nitrogen and oxygen atoms in total. The largest absolute Gasteiger partial charge is 0.343 e. The van der Waals surface area contributed by atoms with Crippen molar-refractivity contribution in [3.8, 4) is 0 Å². The monoisotopic (exact) mass is 389 g/mol. The maximum absolute atomic E-state index is 13.5. The van der Waals surface area contributed by atoms with Gasteiger partial charge in [-0.3, -0.25) is 14.4 Å². The zero-order chi connectivity index (χ0) is 20.9. The Morgan fingerprint density at radius 2 is 1.46 bits per heavy atom. The van der Waals surface area contributed by atoms with Crippen LogP contribution in [0.25, 0.3) is 0 Å². The van der Waals surface area contributed by atoms with E-state index in [1.807, 2.05) is 0 Å². The number of carbonyl (C=O) groups is 3. The molecule has 0 radical (unpaired) electrons.